The molecule has 4 heterocycles. The van der Waals surface area contributed by atoms with Gasteiger partial charge in [0.2, 0.25) is 0 Å². The van der Waals surface area contributed by atoms with Crippen molar-refractivity contribution in [3.05, 3.63) is 54.4 Å². The second kappa shape index (κ2) is 8.24. The van der Waals surface area contributed by atoms with E-state index in [1.54, 1.807) is 18.5 Å². The molecule has 1 amide bonds. The summed E-state index contributed by atoms with van der Waals surface area (Å²) in [5.74, 6) is 2.10. The van der Waals surface area contributed by atoms with Crippen LogP contribution in [0.5, 0.6) is 0 Å². The lowest BCUT2D eigenvalue weighted by molar-refractivity contribution is 0.142. The molecule has 1 aliphatic heterocycles. The molecule has 4 rings (SSSR count). The maximum atomic E-state index is 11.1. The highest BCUT2D eigenvalue weighted by Gasteiger charge is 2.21. The van der Waals surface area contributed by atoms with E-state index in [1.807, 2.05) is 37.3 Å². The molecular formula is C21H23N7O2. The van der Waals surface area contributed by atoms with Crippen LogP contribution in [0.4, 0.5) is 27.9 Å². The maximum absolute atomic E-state index is 11.1. The molecule has 9 heteroatoms. The molecule has 0 unspecified atom stereocenters. The predicted octanol–water partition coefficient (Wildman–Crippen LogP) is 2.97. The van der Waals surface area contributed by atoms with Gasteiger partial charge in [-0.2, -0.15) is 0 Å². The zero-order valence-electron chi connectivity index (χ0n) is 16.6. The summed E-state index contributed by atoms with van der Waals surface area (Å²) >= 11 is 0. The fraction of sp³-hybridized carbons (Fsp3) is 0.238. The number of nitrogens with zero attached hydrogens (tertiary/aromatic N) is 5. The van der Waals surface area contributed by atoms with Crippen molar-refractivity contribution in [1.29, 1.82) is 0 Å². The Balaban J connectivity index is 1.56. The summed E-state index contributed by atoms with van der Waals surface area (Å²) in [6.07, 6.45) is 2.58. The molecule has 0 spiro atoms. The number of hydrogen-bond donors (Lipinski definition) is 3. The summed E-state index contributed by atoms with van der Waals surface area (Å²) < 4.78 is 0. The Morgan fingerprint density at radius 3 is 2.53 bits per heavy atom. The first-order valence-electron chi connectivity index (χ1n) is 9.64. The van der Waals surface area contributed by atoms with Gasteiger partial charge in [0.1, 0.15) is 17.5 Å². The average molecular weight is 405 g/mol. The Bertz CT molecular complexity index is 1060. The molecule has 9 nitrogen and oxygen atoms in total. The van der Waals surface area contributed by atoms with Gasteiger partial charge < -0.3 is 26.0 Å². The van der Waals surface area contributed by atoms with Crippen LogP contribution in [0.15, 0.2) is 48.8 Å². The van der Waals surface area contributed by atoms with Gasteiger partial charge in [0.05, 0.1) is 5.69 Å². The number of nitrogens with two attached hydrogens (primary N) is 1. The average Bonchev–Trinajstić information content (AvgIpc) is 2.73. The van der Waals surface area contributed by atoms with Gasteiger partial charge >= 0.3 is 6.09 Å². The van der Waals surface area contributed by atoms with Crippen molar-refractivity contribution in [2.75, 3.05) is 42.1 Å². The molecule has 1 aliphatic rings. The zero-order valence-corrected chi connectivity index (χ0v) is 16.6. The Kier molecular flexibility index (Phi) is 5.34. The molecule has 0 aromatic carbocycles. The van der Waals surface area contributed by atoms with Crippen molar-refractivity contribution in [1.82, 2.24) is 19.9 Å². The third-order valence-electron chi connectivity index (χ3n) is 4.93. The maximum Gasteiger partial charge on any atom is 0.407 e. The normalized spacial score (nSPS) is 13.9. The first-order valence-corrected chi connectivity index (χ1v) is 9.64. The van der Waals surface area contributed by atoms with Gasteiger partial charge in [-0.25, -0.2) is 19.7 Å². The highest BCUT2D eigenvalue weighted by atomic mass is 16.4. The number of anilines is 4. The van der Waals surface area contributed by atoms with Crippen LogP contribution >= 0.6 is 0 Å². The molecule has 0 saturated carbocycles. The van der Waals surface area contributed by atoms with E-state index in [0.717, 1.165) is 22.6 Å². The van der Waals surface area contributed by atoms with Gasteiger partial charge in [0.15, 0.2) is 0 Å². The number of hydrogen-bond acceptors (Lipinski definition) is 7. The van der Waals surface area contributed by atoms with E-state index >= 15 is 0 Å². The van der Waals surface area contributed by atoms with Gasteiger partial charge in [-0.3, -0.25) is 0 Å². The molecule has 154 valence electrons. The van der Waals surface area contributed by atoms with E-state index < -0.39 is 6.09 Å². The summed E-state index contributed by atoms with van der Waals surface area (Å²) in [6.45, 7) is 4.10. The topological polar surface area (TPSA) is 120 Å². The summed E-state index contributed by atoms with van der Waals surface area (Å²) in [5, 5.41) is 12.3. The monoisotopic (exact) mass is 405 g/mol. The zero-order chi connectivity index (χ0) is 21.1. The van der Waals surface area contributed by atoms with Crippen molar-refractivity contribution < 1.29 is 9.90 Å². The van der Waals surface area contributed by atoms with E-state index in [2.05, 4.69) is 25.2 Å². The second-order valence-corrected chi connectivity index (χ2v) is 7.17. The van der Waals surface area contributed by atoms with Crippen LogP contribution in [-0.2, 0) is 0 Å². The number of carboxylic acid groups (broad SMARTS) is 1. The van der Waals surface area contributed by atoms with Crippen molar-refractivity contribution in [2.24, 2.45) is 0 Å². The van der Waals surface area contributed by atoms with Crippen LogP contribution in [0.3, 0.4) is 0 Å². The predicted molar refractivity (Wildman–Crippen MR) is 116 cm³/mol. The molecule has 0 radical (unpaired) electrons. The van der Waals surface area contributed by atoms with E-state index in [-0.39, 0.29) is 0 Å². The Labute approximate surface area is 174 Å². The molecular weight excluding hydrogens is 382 g/mol. The molecule has 3 aromatic rings. The molecule has 0 aliphatic carbocycles. The summed E-state index contributed by atoms with van der Waals surface area (Å²) in [4.78, 5) is 28.0. The summed E-state index contributed by atoms with van der Waals surface area (Å²) in [5.41, 5.74) is 9.40. The minimum absolute atomic E-state index is 0.454. The van der Waals surface area contributed by atoms with Crippen molar-refractivity contribution in [2.45, 2.75) is 6.92 Å². The third kappa shape index (κ3) is 4.40. The van der Waals surface area contributed by atoms with E-state index in [9.17, 15) is 4.79 Å². The van der Waals surface area contributed by atoms with Crippen LogP contribution in [0.2, 0.25) is 0 Å². The number of aromatic nitrogens is 3. The number of nitrogens with one attached hydrogen (secondary N) is 1. The number of piperazine rings is 1. The van der Waals surface area contributed by atoms with Crippen LogP contribution in [-0.4, -0.2) is 57.2 Å². The largest absolute Gasteiger partial charge is 0.465 e. The van der Waals surface area contributed by atoms with Gasteiger partial charge in [-0.1, -0.05) is 0 Å². The fourth-order valence-electron chi connectivity index (χ4n) is 3.38. The fourth-order valence-corrected chi connectivity index (χ4v) is 3.38. The number of nitrogen functional groups attached to an aromatic ring is 1. The number of pyridine rings is 3. The third-order valence-corrected chi connectivity index (χ3v) is 4.93. The lowest BCUT2D eigenvalue weighted by atomic mass is 10.1. The van der Waals surface area contributed by atoms with Crippen LogP contribution in [0.1, 0.15) is 5.56 Å². The Morgan fingerprint density at radius 1 is 1.03 bits per heavy atom. The van der Waals surface area contributed by atoms with Crippen LogP contribution < -0.4 is 16.0 Å². The lowest BCUT2D eigenvalue weighted by Crippen LogP contribution is -2.48. The van der Waals surface area contributed by atoms with Crippen molar-refractivity contribution >= 4 is 29.2 Å². The smallest absolute Gasteiger partial charge is 0.407 e. The molecule has 1 saturated heterocycles. The standard InChI is InChI=1S/C21H23N7O2/c1-14-2-4-23-18(10-14)26-19-13-16(22)12-17(25-19)15-3-5-24-20(11-15)27-6-8-28(9-7-27)21(29)30/h2-5,10-13H,6-9H2,1H3,(H,29,30)(H3,22,23,25,26). The molecule has 4 N–H and O–H groups in total. The number of aryl methyl sites for hydroxylation is 1. The molecule has 30 heavy (non-hydrogen) atoms. The van der Waals surface area contributed by atoms with Gasteiger partial charge in [0, 0.05) is 55.9 Å². The lowest BCUT2D eigenvalue weighted by Gasteiger charge is -2.33. The molecule has 0 bridgehead atoms. The van der Waals surface area contributed by atoms with Gasteiger partial charge in [-0.05, 0) is 42.8 Å². The van der Waals surface area contributed by atoms with Crippen LogP contribution in [0, 0.1) is 6.92 Å². The number of rotatable bonds is 4. The quantitative estimate of drug-likeness (QED) is 0.606. The first-order chi connectivity index (χ1) is 14.5. The molecule has 1 fully saturated rings. The molecule has 3 aromatic heterocycles. The Hall–Kier alpha value is -3.88. The van der Waals surface area contributed by atoms with Crippen molar-refractivity contribution in [3.8, 4) is 11.3 Å². The van der Waals surface area contributed by atoms with Gasteiger partial charge in [-0.15, -0.1) is 0 Å². The van der Waals surface area contributed by atoms with E-state index in [1.165, 1.54) is 4.90 Å². The van der Waals surface area contributed by atoms with E-state index in [4.69, 9.17) is 10.8 Å². The van der Waals surface area contributed by atoms with E-state index in [0.29, 0.717) is 43.5 Å². The second-order valence-electron chi connectivity index (χ2n) is 7.17. The first kappa shape index (κ1) is 19.4. The van der Waals surface area contributed by atoms with Crippen LogP contribution in [0.25, 0.3) is 11.3 Å². The summed E-state index contributed by atoms with van der Waals surface area (Å²) in [7, 11) is 0. The van der Waals surface area contributed by atoms with Crippen molar-refractivity contribution in [3.63, 3.8) is 0 Å². The highest BCUT2D eigenvalue weighted by molar-refractivity contribution is 5.70. The van der Waals surface area contributed by atoms with Gasteiger partial charge in [0.25, 0.3) is 0 Å². The SMILES string of the molecule is Cc1ccnc(Nc2cc(N)cc(-c3ccnc(N4CCN(C(=O)O)CC4)c3)n2)c1. The minimum atomic E-state index is -0.886. The number of carbonyl (C=O) groups is 1. The highest BCUT2D eigenvalue weighted by Crippen LogP contribution is 2.26. The molecule has 0 atom stereocenters. The number of amides is 1. The Morgan fingerprint density at radius 2 is 1.80 bits per heavy atom. The minimum Gasteiger partial charge on any atom is -0.465 e. The summed E-state index contributed by atoms with van der Waals surface area (Å²) in [6, 6.07) is 11.3.